The topological polar surface area (TPSA) is 30.5 Å². The molecule has 0 aromatic heterocycles. The first-order valence-corrected chi connectivity index (χ1v) is 7.66. The van der Waals surface area contributed by atoms with Crippen LogP contribution in [0.4, 0.5) is 0 Å². The molecule has 0 heterocycles. The molecule has 0 aliphatic rings. The fraction of sp³-hybridized carbons (Fsp3) is 0.600. The van der Waals surface area contributed by atoms with Gasteiger partial charge in [0.2, 0.25) is 0 Å². The van der Waals surface area contributed by atoms with Crippen molar-refractivity contribution in [3.05, 3.63) is 22.2 Å². The number of hydrogen-bond donors (Lipinski definition) is 1. The van der Waals surface area contributed by atoms with Gasteiger partial charge in [-0.15, -0.1) is 0 Å². The zero-order valence-corrected chi connectivity index (χ0v) is 13.8. The Morgan fingerprint density at radius 3 is 2.42 bits per heavy atom. The maximum Gasteiger partial charge on any atom is 0.175 e. The van der Waals surface area contributed by atoms with E-state index in [1.807, 2.05) is 19.9 Å². The van der Waals surface area contributed by atoms with Gasteiger partial charge in [-0.2, -0.15) is 0 Å². The lowest BCUT2D eigenvalue weighted by atomic mass is 10.2. The van der Waals surface area contributed by atoms with Gasteiger partial charge in [-0.3, -0.25) is 0 Å². The van der Waals surface area contributed by atoms with Gasteiger partial charge in [-0.25, -0.2) is 0 Å². The summed E-state index contributed by atoms with van der Waals surface area (Å²) in [6.07, 6.45) is 0. The lowest BCUT2D eigenvalue weighted by Crippen LogP contribution is -2.19. The molecule has 1 rings (SSSR count). The SMILES string of the molecule is CCOc1cc(CNCC(C)C)cc(Br)c1OCC. The highest BCUT2D eigenvalue weighted by Gasteiger charge is 2.11. The van der Waals surface area contributed by atoms with Crippen molar-refractivity contribution < 1.29 is 9.47 Å². The summed E-state index contributed by atoms with van der Waals surface area (Å²) < 4.78 is 12.2. The molecule has 0 radical (unpaired) electrons. The second kappa shape index (κ2) is 8.43. The summed E-state index contributed by atoms with van der Waals surface area (Å²) in [5.74, 6) is 2.24. The van der Waals surface area contributed by atoms with Crippen LogP contribution in [0.2, 0.25) is 0 Å². The lowest BCUT2D eigenvalue weighted by Gasteiger charge is -2.15. The summed E-state index contributed by atoms with van der Waals surface area (Å²) in [5, 5.41) is 3.43. The van der Waals surface area contributed by atoms with E-state index in [-0.39, 0.29) is 0 Å². The van der Waals surface area contributed by atoms with Gasteiger partial charge >= 0.3 is 0 Å². The summed E-state index contributed by atoms with van der Waals surface area (Å²) in [7, 11) is 0. The molecule has 19 heavy (non-hydrogen) atoms. The van der Waals surface area contributed by atoms with Crippen molar-refractivity contribution in [1.82, 2.24) is 5.32 Å². The number of ether oxygens (including phenoxy) is 2. The van der Waals surface area contributed by atoms with E-state index in [9.17, 15) is 0 Å². The van der Waals surface area contributed by atoms with E-state index in [0.717, 1.165) is 29.1 Å². The fourth-order valence-corrected chi connectivity index (χ4v) is 2.38. The second-order valence-corrected chi connectivity index (χ2v) is 5.65. The van der Waals surface area contributed by atoms with Gasteiger partial charge in [0.15, 0.2) is 11.5 Å². The van der Waals surface area contributed by atoms with Crippen LogP contribution in [0.3, 0.4) is 0 Å². The van der Waals surface area contributed by atoms with Gasteiger partial charge in [-0.1, -0.05) is 13.8 Å². The van der Waals surface area contributed by atoms with E-state index in [0.29, 0.717) is 19.1 Å². The summed E-state index contributed by atoms with van der Waals surface area (Å²) in [6, 6.07) is 4.13. The molecule has 0 atom stereocenters. The van der Waals surface area contributed by atoms with E-state index in [2.05, 4.69) is 41.2 Å². The van der Waals surface area contributed by atoms with Crippen molar-refractivity contribution in [1.29, 1.82) is 0 Å². The Morgan fingerprint density at radius 1 is 1.16 bits per heavy atom. The monoisotopic (exact) mass is 329 g/mol. The van der Waals surface area contributed by atoms with Crippen LogP contribution in [-0.4, -0.2) is 19.8 Å². The van der Waals surface area contributed by atoms with E-state index in [1.54, 1.807) is 0 Å². The first kappa shape index (κ1) is 16.3. The molecule has 0 unspecified atom stereocenters. The highest BCUT2D eigenvalue weighted by atomic mass is 79.9. The van der Waals surface area contributed by atoms with Crippen LogP contribution in [0.5, 0.6) is 11.5 Å². The molecule has 1 N–H and O–H groups in total. The fourth-order valence-electron chi connectivity index (χ4n) is 1.78. The Hall–Kier alpha value is -0.740. The Morgan fingerprint density at radius 2 is 1.84 bits per heavy atom. The highest BCUT2D eigenvalue weighted by molar-refractivity contribution is 9.10. The molecule has 0 saturated heterocycles. The molecule has 4 heteroatoms. The smallest absolute Gasteiger partial charge is 0.175 e. The zero-order chi connectivity index (χ0) is 14.3. The molecular formula is C15H24BrNO2. The van der Waals surface area contributed by atoms with Crippen molar-refractivity contribution in [2.24, 2.45) is 5.92 Å². The number of halogens is 1. The number of rotatable bonds is 8. The third-order valence-electron chi connectivity index (χ3n) is 2.54. The molecule has 1 aromatic carbocycles. The van der Waals surface area contributed by atoms with Gasteiger partial charge in [0.1, 0.15) is 0 Å². The zero-order valence-electron chi connectivity index (χ0n) is 12.3. The molecule has 0 bridgehead atoms. The highest BCUT2D eigenvalue weighted by Crippen LogP contribution is 2.36. The first-order valence-electron chi connectivity index (χ1n) is 6.87. The van der Waals surface area contributed by atoms with Gasteiger partial charge in [0.25, 0.3) is 0 Å². The van der Waals surface area contributed by atoms with Crippen LogP contribution in [0.15, 0.2) is 16.6 Å². The van der Waals surface area contributed by atoms with Gasteiger partial charge in [0, 0.05) is 6.54 Å². The van der Waals surface area contributed by atoms with Crippen LogP contribution < -0.4 is 14.8 Å². The van der Waals surface area contributed by atoms with Crippen LogP contribution in [0.25, 0.3) is 0 Å². The summed E-state index contributed by atoms with van der Waals surface area (Å²) in [5.41, 5.74) is 1.19. The minimum Gasteiger partial charge on any atom is -0.490 e. The Balaban J connectivity index is 2.83. The van der Waals surface area contributed by atoms with Crippen molar-refractivity contribution >= 4 is 15.9 Å². The third kappa shape index (κ3) is 5.41. The van der Waals surface area contributed by atoms with Gasteiger partial charge < -0.3 is 14.8 Å². The molecule has 1 aromatic rings. The molecule has 0 amide bonds. The first-order chi connectivity index (χ1) is 9.08. The summed E-state index contributed by atoms with van der Waals surface area (Å²) in [6.45, 7) is 11.5. The average Bonchev–Trinajstić information content (AvgIpc) is 2.33. The van der Waals surface area contributed by atoms with Gasteiger partial charge in [-0.05, 0) is 59.9 Å². The Labute approximate surface area is 124 Å². The maximum absolute atomic E-state index is 5.66. The van der Waals surface area contributed by atoms with Crippen LogP contribution >= 0.6 is 15.9 Å². The van der Waals surface area contributed by atoms with E-state index in [1.165, 1.54) is 5.56 Å². The molecule has 108 valence electrons. The lowest BCUT2D eigenvalue weighted by molar-refractivity contribution is 0.286. The Kier molecular flexibility index (Phi) is 7.24. The quantitative estimate of drug-likeness (QED) is 0.782. The van der Waals surface area contributed by atoms with Crippen molar-refractivity contribution in [2.45, 2.75) is 34.2 Å². The second-order valence-electron chi connectivity index (χ2n) is 4.80. The Bertz CT molecular complexity index is 394. The predicted molar refractivity (Wildman–Crippen MR) is 83.0 cm³/mol. The van der Waals surface area contributed by atoms with Gasteiger partial charge in [0.05, 0.1) is 17.7 Å². The molecule has 0 saturated carbocycles. The maximum atomic E-state index is 5.66. The minimum absolute atomic E-state index is 0.629. The standard InChI is InChI=1S/C15H24BrNO2/c1-5-18-14-8-12(10-17-9-11(3)4)7-13(16)15(14)19-6-2/h7-8,11,17H,5-6,9-10H2,1-4H3. The van der Waals surface area contributed by atoms with Crippen LogP contribution in [-0.2, 0) is 6.54 Å². The largest absolute Gasteiger partial charge is 0.490 e. The minimum atomic E-state index is 0.629. The van der Waals surface area contributed by atoms with E-state index >= 15 is 0 Å². The van der Waals surface area contributed by atoms with Crippen LogP contribution in [0, 0.1) is 5.92 Å². The third-order valence-corrected chi connectivity index (χ3v) is 3.13. The van der Waals surface area contributed by atoms with Crippen molar-refractivity contribution in [2.75, 3.05) is 19.8 Å². The molecule has 0 fully saturated rings. The molecular weight excluding hydrogens is 306 g/mol. The molecule has 0 spiro atoms. The van der Waals surface area contributed by atoms with E-state index in [4.69, 9.17) is 9.47 Å². The van der Waals surface area contributed by atoms with Crippen molar-refractivity contribution in [3.63, 3.8) is 0 Å². The predicted octanol–water partition coefficient (Wildman–Crippen LogP) is 3.99. The molecule has 0 aliphatic carbocycles. The van der Waals surface area contributed by atoms with Crippen molar-refractivity contribution in [3.8, 4) is 11.5 Å². The number of benzene rings is 1. The molecule has 3 nitrogen and oxygen atoms in total. The normalized spacial score (nSPS) is 10.8. The van der Waals surface area contributed by atoms with Crippen LogP contribution in [0.1, 0.15) is 33.3 Å². The molecule has 0 aliphatic heterocycles. The number of nitrogens with one attached hydrogen (secondary N) is 1. The van der Waals surface area contributed by atoms with E-state index < -0.39 is 0 Å². The number of hydrogen-bond acceptors (Lipinski definition) is 3. The average molecular weight is 330 g/mol. The summed E-state index contributed by atoms with van der Waals surface area (Å²) >= 11 is 3.56. The summed E-state index contributed by atoms with van der Waals surface area (Å²) in [4.78, 5) is 0.